The van der Waals surface area contributed by atoms with E-state index in [-0.39, 0.29) is 40.6 Å². The van der Waals surface area contributed by atoms with Crippen molar-refractivity contribution in [3.05, 3.63) is 48.6 Å². The third-order valence-electron chi connectivity index (χ3n) is 11.9. The third-order valence-corrected chi connectivity index (χ3v) is 11.9. The summed E-state index contributed by atoms with van der Waals surface area (Å²) in [5.74, 6) is 2.54. The van der Waals surface area contributed by atoms with Gasteiger partial charge in [-0.3, -0.25) is 14.4 Å². The lowest BCUT2D eigenvalue weighted by atomic mass is 9.48. The lowest BCUT2D eigenvalue weighted by Crippen LogP contribution is -2.59. The van der Waals surface area contributed by atoms with Crippen LogP contribution in [-0.4, -0.2) is 37.5 Å². The van der Waals surface area contributed by atoms with Gasteiger partial charge >= 0.3 is 5.97 Å². The summed E-state index contributed by atoms with van der Waals surface area (Å²) < 4.78 is 10.9. The summed E-state index contributed by atoms with van der Waals surface area (Å²) in [5, 5.41) is 8.60. The van der Waals surface area contributed by atoms with Crippen LogP contribution in [0.15, 0.2) is 48.6 Å². The minimum atomic E-state index is -0.153. The van der Waals surface area contributed by atoms with Crippen LogP contribution in [0.25, 0.3) is 10.8 Å². The lowest BCUT2D eigenvalue weighted by Gasteiger charge is -2.58. The molecule has 3 aliphatic carbocycles. The summed E-state index contributed by atoms with van der Waals surface area (Å²) in [6.07, 6.45) is 14.5. The summed E-state index contributed by atoms with van der Waals surface area (Å²) in [6.45, 7) is 5.33. The highest BCUT2D eigenvalue weighted by atomic mass is 16.5. The molecule has 2 aromatic rings. The van der Waals surface area contributed by atoms with Crippen LogP contribution in [-0.2, 0) is 19.1 Å². The van der Waals surface area contributed by atoms with E-state index in [2.05, 4.69) is 42.7 Å². The zero-order valence-electron chi connectivity index (χ0n) is 26.5. The van der Waals surface area contributed by atoms with E-state index in [9.17, 15) is 14.4 Å². The number of fused-ring (bicyclic) bond motifs is 6. The smallest absolute Gasteiger partial charge is 0.305 e. The van der Waals surface area contributed by atoms with E-state index in [1.165, 1.54) is 7.11 Å². The largest absolute Gasteiger partial charge is 0.493 e. The van der Waals surface area contributed by atoms with E-state index in [0.29, 0.717) is 30.8 Å². The fraction of sp³-hybridized carbons (Fsp3) is 0.595. The molecule has 236 valence electrons. The van der Waals surface area contributed by atoms with Gasteiger partial charge in [0.15, 0.2) is 0 Å². The van der Waals surface area contributed by atoms with Crippen molar-refractivity contribution in [3.63, 3.8) is 0 Å². The number of carbonyl (C=O) groups is 3. The molecule has 3 saturated carbocycles. The van der Waals surface area contributed by atoms with Gasteiger partial charge in [-0.25, -0.2) is 0 Å². The van der Waals surface area contributed by atoms with Crippen LogP contribution in [0.2, 0.25) is 0 Å². The molecule has 7 nitrogen and oxygen atoms in total. The van der Waals surface area contributed by atoms with Crippen molar-refractivity contribution in [2.24, 2.45) is 34.5 Å². The van der Waals surface area contributed by atoms with Crippen LogP contribution < -0.4 is 15.4 Å². The summed E-state index contributed by atoms with van der Waals surface area (Å²) in [4.78, 5) is 37.4. The Morgan fingerprint density at radius 1 is 0.932 bits per heavy atom. The zero-order chi connectivity index (χ0) is 30.9. The van der Waals surface area contributed by atoms with Crippen molar-refractivity contribution >= 4 is 34.2 Å². The number of carbonyl (C=O) groups excluding carboxylic acids is 3. The number of rotatable bonds is 10. The van der Waals surface area contributed by atoms with Gasteiger partial charge in [0, 0.05) is 40.3 Å². The predicted octanol–water partition coefficient (Wildman–Crippen LogP) is 7.19. The van der Waals surface area contributed by atoms with Crippen LogP contribution >= 0.6 is 0 Å². The van der Waals surface area contributed by atoms with Crippen molar-refractivity contribution in [1.29, 1.82) is 0 Å². The fourth-order valence-corrected chi connectivity index (χ4v) is 9.51. The number of anilines is 1. The molecule has 0 radical (unpaired) electrons. The predicted molar refractivity (Wildman–Crippen MR) is 172 cm³/mol. The van der Waals surface area contributed by atoms with Crippen molar-refractivity contribution in [3.8, 4) is 5.75 Å². The lowest BCUT2D eigenvalue weighted by molar-refractivity contribution is -0.140. The Morgan fingerprint density at radius 2 is 1.73 bits per heavy atom. The first-order chi connectivity index (χ1) is 21.2. The van der Waals surface area contributed by atoms with Crippen molar-refractivity contribution < 1.29 is 23.9 Å². The van der Waals surface area contributed by atoms with E-state index in [4.69, 9.17) is 9.47 Å². The summed E-state index contributed by atoms with van der Waals surface area (Å²) in [5.41, 5.74) is 0.843. The number of benzene rings is 2. The zero-order valence-corrected chi connectivity index (χ0v) is 26.5. The first-order valence-electron chi connectivity index (χ1n) is 16.8. The normalized spacial score (nSPS) is 32.2. The Labute approximate surface area is 261 Å². The number of unbranched alkanes of at least 4 members (excludes halogenated alkanes) is 3. The summed E-state index contributed by atoms with van der Waals surface area (Å²) in [6, 6.07) is 12.3. The van der Waals surface area contributed by atoms with Crippen LogP contribution in [0.5, 0.6) is 5.75 Å². The van der Waals surface area contributed by atoms with E-state index < -0.39 is 0 Å². The maximum absolute atomic E-state index is 14.0. The van der Waals surface area contributed by atoms with E-state index in [1.54, 1.807) is 6.08 Å². The molecule has 44 heavy (non-hydrogen) atoms. The molecule has 7 heteroatoms. The number of amides is 2. The molecular formula is C37H48N2O5. The number of ether oxygens (including phenoxy) is 2. The van der Waals surface area contributed by atoms with Crippen molar-refractivity contribution in [2.45, 2.75) is 90.5 Å². The second-order valence-electron chi connectivity index (χ2n) is 14.1. The topological polar surface area (TPSA) is 93.7 Å². The Bertz CT molecular complexity index is 1440. The first kappa shape index (κ1) is 30.7. The molecule has 1 aliphatic heterocycles. The molecule has 4 aliphatic rings. The molecule has 1 heterocycles. The molecule has 0 aromatic heterocycles. The maximum atomic E-state index is 14.0. The molecule has 2 amide bonds. The van der Waals surface area contributed by atoms with Gasteiger partial charge in [0.25, 0.3) is 0 Å². The van der Waals surface area contributed by atoms with Crippen molar-refractivity contribution in [1.82, 2.24) is 5.32 Å². The fourth-order valence-electron chi connectivity index (χ4n) is 9.51. The Hall–Kier alpha value is -3.35. The Balaban J connectivity index is 1.10. The summed E-state index contributed by atoms with van der Waals surface area (Å²) in [7, 11) is 1.43. The Morgan fingerprint density at radius 3 is 2.57 bits per heavy atom. The number of esters is 1. The molecule has 2 N–H and O–H groups in total. The van der Waals surface area contributed by atoms with Crippen LogP contribution in [0.1, 0.15) is 84.5 Å². The minimum Gasteiger partial charge on any atom is -0.493 e. The molecular weight excluding hydrogens is 552 g/mol. The second kappa shape index (κ2) is 12.6. The van der Waals surface area contributed by atoms with Crippen LogP contribution in [0.3, 0.4) is 0 Å². The number of nitrogens with one attached hydrogen (secondary N) is 2. The van der Waals surface area contributed by atoms with Gasteiger partial charge in [-0.1, -0.05) is 57.0 Å². The maximum Gasteiger partial charge on any atom is 0.305 e. The van der Waals surface area contributed by atoms with E-state index >= 15 is 0 Å². The van der Waals surface area contributed by atoms with Crippen LogP contribution in [0, 0.1) is 34.5 Å². The minimum absolute atomic E-state index is 0.00514. The highest BCUT2D eigenvalue weighted by Gasteiger charge is 2.60. The molecule has 7 atom stereocenters. The molecule has 3 fully saturated rings. The Kier molecular flexibility index (Phi) is 8.76. The van der Waals surface area contributed by atoms with Gasteiger partial charge in [0.2, 0.25) is 11.8 Å². The molecule has 0 spiro atoms. The SMILES string of the molecule is COC(=O)CCCCCCOc1cccc2c(NC(=O)[C@H]3CC[C@H]4[C@@H]5CC[C@H]6NC(=O)C=C[C@]6(C)[C@H]5CC[C@]34C)cccc12. The average molecular weight is 601 g/mol. The standard InChI is InChI=1S/C37H48N2O5/c1-36-21-19-28-26(15-18-32-37(28,2)22-20-33(40)39-32)27(36)16-17-29(36)35(42)38-30-12-8-11-25-24(30)10-9-13-31(25)44-23-7-5-4-6-14-34(41)43-3/h8-13,20,22,26-29,32H,4-7,14-19,21,23H2,1-3H3,(H,38,42)(H,39,40)/t26-,27-,28-,29+,32+,36-,37+/m0/s1. The van der Waals surface area contributed by atoms with Gasteiger partial charge in [-0.15, -0.1) is 0 Å². The number of methoxy groups -OCH3 is 1. The molecule has 0 saturated heterocycles. The van der Waals surface area contributed by atoms with Gasteiger partial charge in [0.1, 0.15) is 5.75 Å². The summed E-state index contributed by atoms with van der Waals surface area (Å²) >= 11 is 0. The van der Waals surface area contributed by atoms with Gasteiger partial charge < -0.3 is 20.1 Å². The quantitative estimate of drug-likeness (QED) is 0.222. The van der Waals surface area contributed by atoms with Crippen LogP contribution in [0.4, 0.5) is 5.69 Å². The second-order valence-corrected chi connectivity index (χ2v) is 14.1. The molecule has 2 aromatic carbocycles. The number of hydrogen-bond acceptors (Lipinski definition) is 5. The average Bonchev–Trinajstić information content (AvgIpc) is 3.38. The first-order valence-corrected chi connectivity index (χ1v) is 16.8. The number of hydrogen-bond donors (Lipinski definition) is 2. The highest BCUT2D eigenvalue weighted by molar-refractivity contribution is 6.04. The highest BCUT2D eigenvalue weighted by Crippen LogP contribution is 2.65. The van der Waals surface area contributed by atoms with Gasteiger partial charge in [0.05, 0.1) is 13.7 Å². The van der Waals surface area contributed by atoms with Gasteiger partial charge in [-0.05, 0) is 92.7 Å². The third kappa shape index (κ3) is 5.63. The monoisotopic (exact) mass is 600 g/mol. The van der Waals surface area contributed by atoms with Crippen molar-refractivity contribution in [2.75, 3.05) is 19.0 Å². The molecule has 0 bridgehead atoms. The van der Waals surface area contributed by atoms with E-state index in [1.807, 2.05) is 24.3 Å². The molecule has 6 rings (SSSR count). The van der Waals surface area contributed by atoms with E-state index in [0.717, 1.165) is 86.4 Å². The van der Waals surface area contributed by atoms with Gasteiger partial charge in [-0.2, -0.15) is 0 Å². The molecule has 0 unspecified atom stereocenters.